The molecule has 10 amide bonds. The molecule has 0 spiro atoms. The second-order valence-corrected chi connectivity index (χ2v) is 16.8. The Morgan fingerprint density at radius 2 is 1.33 bits per heavy atom. The van der Waals surface area contributed by atoms with Gasteiger partial charge in [0.2, 0.25) is 59.1 Å². The van der Waals surface area contributed by atoms with Crippen LogP contribution in [0.15, 0.2) is 0 Å². The molecule has 2 fully saturated rings. The van der Waals surface area contributed by atoms with Gasteiger partial charge in [-0.1, -0.05) is 40.0 Å². The van der Waals surface area contributed by atoms with Crippen molar-refractivity contribution in [2.24, 2.45) is 11.7 Å². The summed E-state index contributed by atoms with van der Waals surface area (Å²) in [4.78, 5) is 141. The van der Waals surface area contributed by atoms with Gasteiger partial charge in [-0.3, -0.25) is 47.9 Å². The third-order valence-electron chi connectivity index (χ3n) is 10.8. The number of hydrogen-bond donors (Lipinski definition) is 13. The lowest BCUT2D eigenvalue weighted by Crippen LogP contribution is -2.57. The topological polar surface area (TPSA) is 386 Å². The highest BCUT2D eigenvalue weighted by Gasteiger charge is 2.36. The smallest absolute Gasteiger partial charge is 0.326 e. The molecule has 0 aromatic heterocycles. The molecule has 2 rings (SSSR count). The molecule has 0 aromatic rings. The largest absolute Gasteiger partial charge is 0.480 e. The number of aliphatic hydroxyl groups is 2. The standard InChI is InChI=1S/C41H69N11O14/c1-5-6-7-9-27(41(65)66)51-40(64)30-10-8-14-52(30)34(58)21-46-35(59)23(4)47-39(63)29(16-22(2)3)49-33(57)20-44-36(60)26(13-15-53)50-38(62)25(11-12-31(42)55)48-32(56)19-45-37(61)28-17-24(54)18-43-28/h22-30,43,53-54H,5-21H2,1-4H3,(H2,42,55)(H,44,60)(H,45,61)(H,46,59)(H,47,63)(H,48,56)(H,49,57)(H,50,62)(H,51,64)(H,65,66)/t23-,24+,25-,26-,27-,28-,29-,30-/m0/s1. The van der Waals surface area contributed by atoms with Gasteiger partial charge in [0.15, 0.2) is 0 Å². The zero-order chi connectivity index (χ0) is 49.5. The van der Waals surface area contributed by atoms with Gasteiger partial charge in [-0.25, -0.2) is 4.79 Å². The Kier molecular flexibility index (Phi) is 24.6. The van der Waals surface area contributed by atoms with Crippen LogP contribution < -0.4 is 53.6 Å². The fraction of sp³-hybridized carbons (Fsp3) is 0.732. The summed E-state index contributed by atoms with van der Waals surface area (Å²) < 4.78 is 0. The Morgan fingerprint density at radius 1 is 0.712 bits per heavy atom. The highest BCUT2D eigenvalue weighted by atomic mass is 16.4. The summed E-state index contributed by atoms with van der Waals surface area (Å²) >= 11 is 0. The molecule has 2 aliphatic rings. The lowest BCUT2D eigenvalue weighted by molar-refractivity contribution is -0.144. The molecule has 66 heavy (non-hydrogen) atoms. The van der Waals surface area contributed by atoms with Gasteiger partial charge >= 0.3 is 5.97 Å². The third-order valence-corrected chi connectivity index (χ3v) is 10.8. The summed E-state index contributed by atoms with van der Waals surface area (Å²) in [6.45, 7) is 4.90. The maximum atomic E-state index is 13.3. The minimum absolute atomic E-state index is 0.101. The highest BCUT2D eigenvalue weighted by molar-refractivity contribution is 5.97. The number of nitrogens with two attached hydrogens (primary N) is 1. The van der Waals surface area contributed by atoms with Crippen molar-refractivity contribution in [2.45, 2.75) is 147 Å². The SMILES string of the molecule is CCCCC[C@H](NC(=O)[C@@H]1CCCN1C(=O)CNC(=O)[C@H](C)NC(=O)[C@H](CC(C)C)NC(=O)CNC(=O)[C@H](CCO)NC(=O)[C@H](CCC(N)=O)NC(=O)CNC(=O)[C@@H]1C[C@@H](O)CN1)C(=O)O. The summed E-state index contributed by atoms with van der Waals surface area (Å²) in [7, 11) is 0. The number of carbonyl (C=O) groups excluding carboxylic acids is 10. The molecule has 0 saturated carbocycles. The van der Waals surface area contributed by atoms with E-state index >= 15 is 0 Å². The van der Waals surface area contributed by atoms with Crippen LogP contribution in [0.5, 0.6) is 0 Å². The van der Waals surface area contributed by atoms with Crippen LogP contribution in [-0.2, 0) is 52.7 Å². The molecular weight excluding hydrogens is 871 g/mol. The molecule has 2 saturated heterocycles. The third kappa shape index (κ3) is 20.1. The lowest BCUT2D eigenvalue weighted by Gasteiger charge is -2.26. The molecule has 2 aliphatic heterocycles. The molecule has 0 aromatic carbocycles. The Labute approximate surface area is 383 Å². The number of likely N-dealkylation sites (tertiary alicyclic amines) is 1. The van der Waals surface area contributed by atoms with Gasteiger partial charge in [0.1, 0.15) is 36.3 Å². The van der Waals surface area contributed by atoms with Crippen LogP contribution in [-0.4, -0.2) is 173 Å². The van der Waals surface area contributed by atoms with Crippen molar-refractivity contribution in [3.05, 3.63) is 0 Å². The van der Waals surface area contributed by atoms with E-state index in [-0.39, 0.29) is 57.5 Å². The molecule has 25 heteroatoms. The van der Waals surface area contributed by atoms with Crippen LogP contribution in [0.2, 0.25) is 0 Å². The van der Waals surface area contributed by atoms with E-state index in [4.69, 9.17) is 5.73 Å². The van der Waals surface area contributed by atoms with Crippen LogP contribution in [0, 0.1) is 5.92 Å². The van der Waals surface area contributed by atoms with E-state index in [9.17, 15) is 68.1 Å². The number of nitrogens with one attached hydrogen (secondary N) is 9. The monoisotopic (exact) mass is 940 g/mol. The predicted molar refractivity (Wildman–Crippen MR) is 233 cm³/mol. The average molecular weight is 940 g/mol. The Bertz CT molecular complexity index is 1730. The number of nitrogens with zero attached hydrogens (tertiary/aromatic N) is 1. The summed E-state index contributed by atoms with van der Waals surface area (Å²) in [6.07, 6.45) is 1.85. The average Bonchev–Trinajstić information content (AvgIpc) is 3.94. The number of amides is 10. The van der Waals surface area contributed by atoms with Gasteiger partial charge < -0.3 is 73.8 Å². The second kappa shape index (κ2) is 28.8. The Balaban J connectivity index is 1.95. The Hall–Kier alpha value is -5.95. The molecule has 25 nitrogen and oxygen atoms in total. The fourth-order valence-corrected chi connectivity index (χ4v) is 7.18. The van der Waals surface area contributed by atoms with Crippen molar-refractivity contribution in [3.63, 3.8) is 0 Å². The lowest BCUT2D eigenvalue weighted by atomic mass is 10.0. The van der Waals surface area contributed by atoms with Crippen molar-refractivity contribution in [2.75, 3.05) is 39.3 Å². The molecule has 0 unspecified atom stereocenters. The molecule has 0 aliphatic carbocycles. The summed E-state index contributed by atoms with van der Waals surface area (Å²) in [5, 5.41) is 51.0. The van der Waals surface area contributed by atoms with Gasteiger partial charge in [-0.15, -0.1) is 0 Å². The van der Waals surface area contributed by atoms with E-state index in [1.54, 1.807) is 13.8 Å². The summed E-state index contributed by atoms with van der Waals surface area (Å²) in [6, 6.07) is -8.00. The van der Waals surface area contributed by atoms with Gasteiger partial charge in [-0.05, 0) is 57.8 Å². The van der Waals surface area contributed by atoms with Gasteiger partial charge in [-0.2, -0.15) is 0 Å². The first-order valence-electron chi connectivity index (χ1n) is 22.3. The minimum Gasteiger partial charge on any atom is -0.480 e. The molecule has 14 N–H and O–H groups in total. The number of aliphatic carboxylic acids is 1. The number of aliphatic hydroxyl groups excluding tert-OH is 2. The first kappa shape index (κ1) is 56.2. The molecule has 0 radical (unpaired) electrons. The summed E-state index contributed by atoms with van der Waals surface area (Å²) in [5.41, 5.74) is 5.23. The van der Waals surface area contributed by atoms with E-state index < -0.39 is 140 Å². The number of β-amino-alcohol motifs (C(OH)–C–C–N with tert-alkyl or cyclic N) is 1. The van der Waals surface area contributed by atoms with Crippen LogP contribution in [0.3, 0.4) is 0 Å². The summed E-state index contributed by atoms with van der Waals surface area (Å²) in [5.74, 6) is -8.91. The van der Waals surface area contributed by atoms with Gasteiger partial charge in [0.25, 0.3) is 0 Å². The van der Waals surface area contributed by atoms with E-state index in [2.05, 4.69) is 47.9 Å². The van der Waals surface area contributed by atoms with Crippen LogP contribution >= 0.6 is 0 Å². The van der Waals surface area contributed by atoms with Crippen LogP contribution in [0.1, 0.15) is 98.3 Å². The maximum absolute atomic E-state index is 13.3. The van der Waals surface area contributed by atoms with Crippen LogP contribution in [0.25, 0.3) is 0 Å². The number of carboxylic acids is 1. The normalized spacial score (nSPS) is 19.0. The van der Waals surface area contributed by atoms with E-state index in [0.29, 0.717) is 19.3 Å². The zero-order valence-corrected chi connectivity index (χ0v) is 38.1. The quantitative estimate of drug-likeness (QED) is 0.0312. The molecule has 372 valence electrons. The number of unbranched alkanes of at least 4 members (excludes halogenated alkanes) is 2. The van der Waals surface area contributed by atoms with Crippen molar-refractivity contribution < 1.29 is 68.1 Å². The molecule has 8 atom stereocenters. The number of carbonyl (C=O) groups is 11. The van der Waals surface area contributed by atoms with Crippen molar-refractivity contribution in [3.8, 4) is 0 Å². The first-order valence-corrected chi connectivity index (χ1v) is 22.3. The van der Waals surface area contributed by atoms with E-state index in [0.717, 1.165) is 12.8 Å². The van der Waals surface area contributed by atoms with Gasteiger partial charge in [0.05, 0.1) is 31.8 Å². The molecular formula is C41H69N11O14. The number of rotatable bonds is 29. The highest BCUT2D eigenvalue weighted by Crippen LogP contribution is 2.18. The number of hydrogen-bond acceptors (Lipinski definition) is 14. The first-order chi connectivity index (χ1) is 31.2. The van der Waals surface area contributed by atoms with Crippen molar-refractivity contribution in [1.82, 2.24) is 52.8 Å². The fourth-order valence-electron chi connectivity index (χ4n) is 7.18. The number of primary amides is 1. The molecule has 2 heterocycles. The number of carboxylic acid groups (broad SMARTS) is 1. The van der Waals surface area contributed by atoms with Crippen molar-refractivity contribution in [1.29, 1.82) is 0 Å². The van der Waals surface area contributed by atoms with Gasteiger partial charge in [0, 0.05) is 26.1 Å². The predicted octanol–water partition coefficient (Wildman–Crippen LogP) is -5.15. The Morgan fingerprint density at radius 3 is 1.92 bits per heavy atom. The van der Waals surface area contributed by atoms with E-state index in [1.165, 1.54) is 11.8 Å². The zero-order valence-electron chi connectivity index (χ0n) is 38.1. The van der Waals surface area contributed by atoms with E-state index in [1.807, 2.05) is 6.92 Å². The maximum Gasteiger partial charge on any atom is 0.326 e. The van der Waals surface area contributed by atoms with Crippen molar-refractivity contribution >= 4 is 65.0 Å². The van der Waals surface area contributed by atoms with Crippen LogP contribution in [0.4, 0.5) is 0 Å². The molecule has 0 bridgehead atoms. The minimum atomic E-state index is -1.44. The second-order valence-electron chi connectivity index (χ2n) is 16.8.